The first-order valence-corrected chi connectivity index (χ1v) is 6.54. The summed E-state index contributed by atoms with van der Waals surface area (Å²) in [5.74, 6) is -0.475. The molecule has 1 rings (SSSR count). The molecule has 0 saturated heterocycles. The molecule has 0 atom stereocenters. The molecule has 0 saturated carbocycles. The van der Waals surface area contributed by atoms with Crippen molar-refractivity contribution in [2.24, 2.45) is 0 Å². The van der Waals surface area contributed by atoms with Crippen LogP contribution in [0, 0.1) is 11.3 Å². The van der Waals surface area contributed by atoms with Gasteiger partial charge in [0.25, 0.3) is 0 Å². The molecule has 76 valence electrons. The van der Waals surface area contributed by atoms with Crippen molar-refractivity contribution in [2.75, 3.05) is 12.3 Å². The summed E-state index contributed by atoms with van der Waals surface area (Å²) < 4.78 is 24.4. The quantitative estimate of drug-likeness (QED) is 0.810. The highest BCUT2D eigenvalue weighted by atomic mass is 32.2. The molecule has 1 N–H and O–H groups in total. The van der Waals surface area contributed by atoms with E-state index in [-0.39, 0.29) is 0 Å². The van der Waals surface area contributed by atoms with Crippen molar-refractivity contribution in [3.8, 4) is 6.07 Å². The molecule has 0 bridgehead atoms. The second-order valence-electron chi connectivity index (χ2n) is 2.64. The van der Waals surface area contributed by atoms with E-state index >= 15 is 0 Å². The van der Waals surface area contributed by atoms with E-state index in [4.69, 9.17) is 5.26 Å². The number of thiophene rings is 1. The number of nitrogens with one attached hydrogen (secondary N) is 1. The van der Waals surface area contributed by atoms with Gasteiger partial charge in [-0.25, -0.2) is 13.1 Å². The van der Waals surface area contributed by atoms with Gasteiger partial charge in [-0.2, -0.15) is 5.26 Å². The summed E-state index contributed by atoms with van der Waals surface area (Å²) in [7, 11) is -3.39. The molecule has 0 aliphatic heterocycles. The Labute approximate surface area is 87.2 Å². The molecular formula is C8H10N2O2S2. The first-order valence-electron chi connectivity index (χ1n) is 4.01. The third kappa shape index (κ3) is 3.87. The van der Waals surface area contributed by atoms with Crippen LogP contribution in [-0.4, -0.2) is 20.7 Å². The lowest BCUT2D eigenvalue weighted by Crippen LogP contribution is -2.27. The van der Waals surface area contributed by atoms with Gasteiger partial charge in [0.2, 0.25) is 10.0 Å². The van der Waals surface area contributed by atoms with E-state index in [0.29, 0.717) is 13.0 Å². The fourth-order valence-electron chi connectivity index (χ4n) is 0.921. The monoisotopic (exact) mass is 230 g/mol. The van der Waals surface area contributed by atoms with Crippen LogP contribution in [0.1, 0.15) is 4.88 Å². The van der Waals surface area contributed by atoms with Crippen molar-refractivity contribution in [3.63, 3.8) is 0 Å². The van der Waals surface area contributed by atoms with Crippen molar-refractivity contribution in [1.82, 2.24) is 4.72 Å². The second kappa shape index (κ2) is 5.10. The third-order valence-corrected chi connectivity index (χ3v) is 3.62. The molecular weight excluding hydrogens is 220 g/mol. The van der Waals surface area contributed by atoms with Gasteiger partial charge >= 0.3 is 0 Å². The Kier molecular flexibility index (Phi) is 4.07. The molecule has 1 heterocycles. The molecule has 0 fully saturated rings. The lowest BCUT2D eigenvalue weighted by atomic mass is 10.3. The maximum Gasteiger partial charge on any atom is 0.225 e. The van der Waals surface area contributed by atoms with E-state index in [1.54, 1.807) is 17.4 Å². The van der Waals surface area contributed by atoms with E-state index < -0.39 is 15.8 Å². The van der Waals surface area contributed by atoms with E-state index in [9.17, 15) is 8.42 Å². The smallest absolute Gasteiger partial charge is 0.214 e. The Bertz CT molecular complexity index is 403. The highest BCUT2D eigenvalue weighted by Crippen LogP contribution is 2.08. The molecule has 4 nitrogen and oxygen atoms in total. The molecule has 0 radical (unpaired) electrons. The van der Waals surface area contributed by atoms with Crippen LogP contribution in [0.4, 0.5) is 0 Å². The Morgan fingerprint density at radius 2 is 2.36 bits per heavy atom. The number of sulfonamides is 1. The van der Waals surface area contributed by atoms with Gasteiger partial charge in [-0.3, -0.25) is 0 Å². The van der Waals surface area contributed by atoms with Gasteiger partial charge in [0.1, 0.15) is 0 Å². The van der Waals surface area contributed by atoms with Crippen molar-refractivity contribution in [2.45, 2.75) is 6.42 Å². The Hall–Kier alpha value is -0.900. The number of hydrogen-bond acceptors (Lipinski definition) is 4. The average Bonchev–Trinajstić information content (AvgIpc) is 2.56. The minimum atomic E-state index is -3.39. The van der Waals surface area contributed by atoms with Crippen LogP contribution in [0.2, 0.25) is 0 Å². The second-order valence-corrected chi connectivity index (χ2v) is 5.48. The van der Waals surface area contributed by atoms with Crippen molar-refractivity contribution in [3.05, 3.63) is 22.4 Å². The third-order valence-electron chi connectivity index (χ3n) is 1.53. The summed E-state index contributed by atoms with van der Waals surface area (Å²) in [5.41, 5.74) is 0. The minimum absolute atomic E-state index is 0.352. The molecule has 0 amide bonds. The van der Waals surface area contributed by atoms with Crippen LogP contribution in [0.25, 0.3) is 0 Å². The van der Waals surface area contributed by atoms with Crippen molar-refractivity contribution >= 4 is 21.4 Å². The predicted molar refractivity (Wildman–Crippen MR) is 55.4 cm³/mol. The Balaban J connectivity index is 2.32. The zero-order valence-corrected chi connectivity index (χ0v) is 9.07. The van der Waals surface area contributed by atoms with Gasteiger partial charge in [0.05, 0.1) is 6.07 Å². The standard InChI is InChI=1S/C8H10N2O2S2/c9-4-7-14(11,12)10-5-3-8-2-1-6-13-8/h1-2,6,10H,3,5,7H2. The molecule has 0 spiro atoms. The number of hydrogen-bond donors (Lipinski definition) is 1. The van der Waals surface area contributed by atoms with Gasteiger partial charge in [-0.1, -0.05) is 6.07 Å². The SMILES string of the molecule is N#CCS(=O)(=O)NCCc1cccs1. The minimum Gasteiger partial charge on any atom is -0.214 e. The summed E-state index contributed by atoms with van der Waals surface area (Å²) in [6, 6.07) is 5.47. The average molecular weight is 230 g/mol. The summed E-state index contributed by atoms with van der Waals surface area (Å²) in [5, 5.41) is 10.2. The van der Waals surface area contributed by atoms with Crippen LogP contribution < -0.4 is 4.72 Å². The van der Waals surface area contributed by atoms with Gasteiger partial charge in [-0.05, 0) is 17.9 Å². The maximum atomic E-state index is 11.0. The summed E-state index contributed by atoms with van der Waals surface area (Å²) in [6.07, 6.45) is 0.669. The largest absolute Gasteiger partial charge is 0.225 e. The molecule has 0 aromatic carbocycles. The molecule has 6 heteroatoms. The zero-order chi connectivity index (χ0) is 10.4. The topological polar surface area (TPSA) is 70.0 Å². The number of nitriles is 1. The fourth-order valence-corrected chi connectivity index (χ4v) is 2.31. The van der Waals surface area contributed by atoms with Crippen LogP contribution in [0.3, 0.4) is 0 Å². The number of rotatable bonds is 5. The van der Waals surface area contributed by atoms with E-state index in [1.165, 1.54) is 0 Å². The van der Waals surface area contributed by atoms with Gasteiger partial charge in [0, 0.05) is 11.4 Å². The molecule has 14 heavy (non-hydrogen) atoms. The highest BCUT2D eigenvalue weighted by molar-refractivity contribution is 7.89. The first kappa shape index (κ1) is 11.2. The molecule has 1 aromatic heterocycles. The lowest BCUT2D eigenvalue weighted by Gasteiger charge is -2.01. The normalized spacial score (nSPS) is 11.1. The predicted octanol–water partition coefficient (Wildman–Crippen LogP) is 0.734. The Morgan fingerprint density at radius 3 is 2.93 bits per heavy atom. The van der Waals surface area contributed by atoms with Gasteiger partial charge < -0.3 is 0 Å². The van der Waals surface area contributed by atoms with Crippen molar-refractivity contribution < 1.29 is 8.42 Å². The summed E-state index contributed by atoms with van der Waals surface area (Å²) >= 11 is 1.59. The van der Waals surface area contributed by atoms with Gasteiger partial charge in [-0.15, -0.1) is 11.3 Å². The van der Waals surface area contributed by atoms with E-state index in [1.807, 2.05) is 17.5 Å². The van der Waals surface area contributed by atoms with E-state index in [2.05, 4.69) is 4.72 Å². The van der Waals surface area contributed by atoms with Crippen LogP contribution in [0.5, 0.6) is 0 Å². The first-order chi connectivity index (χ1) is 6.64. The van der Waals surface area contributed by atoms with Crippen molar-refractivity contribution in [1.29, 1.82) is 5.26 Å². The highest BCUT2D eigenvalue weighted by Gasteiger charge is 2.07. The molecule has 0 aliphatic carbocycles. The molecule has 0 unspecified atom stereocenters. The molecule has 1 aromatic rings. The zero-order valence-electron chi connectivity index (χ0n) is 7.43. The lowest BCUT2D eigenvalue weighted by molar-refractivity contribution is 0.585. The maximum absolute atomic E-state index is 11.0. The van der Waals surface area contributed by atoms with Crippen LogP contribution >= 0.6 is 11.3 Å². The molecule has 0 aliphatic rings. The van der Waals surface area contributed by atoms with Gasteiger partial charge in [0.15, 0.2) is 5.75 Å². The Morgan fingerprint density at radius 1 is 1.57 bits per heavy atom. The van der Waals surface area contributed by atoms with Crippen LogP contribution in [0.15, 0.2) is 17.5 Å². The van der Waals surface area contributed by atoms with E-state index in [0.717, 1.165) is 4.88 Å². The summed E-state index contributed by atoms with van der Waals surface area (Å²) in [4.78, 5) is 1.13. The fraction of sp³-hybridized carbons (Fsp3) is 0.375. The van der Waals surface area contributed by atoms with Crippen LogP contribution in [-0.2, 0) is 16.4 Å². The number of nitrogens with zero attached hydrogens (tertiary/aromatic N) is 1. The summed E-state index contributed by atoms with van der Waals surface area (Å²) in [6.45, 7) is 0.352.